The predicted molar refractivity (Wildman–Crippen MR) is 108 cm³/mol. The smallest absolute Gasteiger partial charge is 0.216 e. The molecule has 1 aliphatic carbocycles. The third kappa shape index (κ3) is 7.01. The van der Waals surface area contributed by atoms with E-state index in [4.69, 9.17) is 4.74 Å². The number of sulfonamides is 1. The Morgan fingerprint density at radius 2 is 1.88 bits per heavy atom. The van der Waals surface area contributed by atoms with E-state index >= 15 is 0 Å². The molecule has 2 aliphatic rings. The third-order valence-electron chi connectivity index (χ3n) is 3.94. The molecule has 0 atom stereocenters. The van der Waals surface area contributed by atoms with E-state index in [1.54, 1.807) is 4.31 Å². The van der Waals surface area contributed by atoms with E-state index in [9.17, 15) is 8.42 Å². The molecular formula is C15H31IN4O3S. The van der Waals surface area contributed by atoms with Gasteiger partial charge in [0.25, 0.3) is 0 Å². The zero-order valence-corrected chi connectivity index (χ0v) is 18.0. The third-order valence-corrected chi connectivity index (χ3v) is 5.78. The molecule has 7 nitrogen and oxygen atoms in total. The maximum Gasteiger partial charge on any atom is 0.216 e. The van der Waals surface area contributed by atoms with E-state index in [0.29, 0.717) is 32.2 Å². The Kier molecular flexibility index (Phi) is 9.24. The van der Waals surface area contributed by atoms with Gasteiger partial charge in [-0.15, -0.1) is 24.0 Å². The lowest BCUT2D eigenvalue weighted by Crippen LogP contribution is -2.54. The average molecular weight is 474 g/mol. The standard InChI is InChI=1S/C15H30N4O3S.HI/c1-4-16-15(17-14-5-6-14)18-7-9-19(10-8-18)23(20,21)12-11-22-13(2)3;/h13-14H,4-12H2,1-3H3,(H,16,17);1H. The summed E-state index contributed by atoms with van der Waals surface area (Å²) in [6.07, 6.45) is 2.46. The number of ether oxygens (including phenoxy) is 1. The molecule has 0 radical (unpaired) electrons. The van der Waals surface area contributed by atoms with Crippen molar-refractivity contribution in [3.8, 4) is 0 Å². The fourth-order valence-electron chi connectivity index (χ4n) is 2.49. The van der Waals surface area contributed by atoms with Gasteiger partial charge in [-0.2, -0.15) is 4.31 Å². The van der Waals surface area contributed by atoms with Gasteiger partial charge in [0.2, 0.25) is 10.0 Å². The molecule has 0 spiro atoms. The number of hydrogen-bond acceptors (Lipinski definition) is 4. The first-order chi connectivity index (χ1) is 10.9. The van der Waals surface area contributed by atoms with Crippen molar-refractivity contribution in [2.24, 2.45) is 4.99 Å². The average Bonchev–Trinajstić information content (AvgIpc) is 3.30. The van der Waals surface area contributed by atoms with Gasteiger partial charge in [0, 0.05) is 38.8 Å². The van der Waals surface area contributed by atoms with Crippen LogP contribution in [-0.2, 0) is 14.8 Å². The molecule has 24 heavy (non-hydrogen) atoms. The SMILES string of the molecule is CCN=C(NC1CC1)N1CCN(S(=O)(=O)CCOC(C)C)CC1.I. The van der Waals surface area contributed by atoms with Gasteiger partial charge in [-0.05, 0) is 33.6 Å². The Morgan fingerprint density at radius 1 is 1.25 bits per heavy atom. The first kappa shape index (κ1) is 21.9. The molecule has 0 aromatic carbocycles. The summed E-state index contributed by atoms with van der Waals surface area (Å²) in [6, 6.07) is 0.551. The zero-order valence-electron chi connectivity index (χ0n) is 14.9. The Hall–Kier alpha value is -0.130. The quantitative estimate of drug-likeness (QED) is 0.340. The number of nitrogens with one attached hydrogen (secondary N) is 1. The molecule has 1 N–H and O–H groups in total. The van der Waals surface area contributed by atoms with Crippen LogP contribution in [0.15, 0.2) is 4.99 Å². The minimum absolute atomic E-state index is 0. The topological polar surface area (TPSA) is 74.2 Å². The molecule has 1 saturated heterocycles. The molecule has 0 amide bonds. The van der Waals surface area contributed by atoms with Crippen molar-refractivity contribution in [1.82, 2.24) is 14.5 Å². The van der Waals surface area contributed by atoms with Crippen LogP contribution >= 0.6 is 24.0 Å². The highest BCUT2D eigenvalue weighted by Gasteiger charge is 2.30. The van der Waals surface area contributed by atoms with Crippen LogP contribution in [0.3, 0.4) is 0 Å². The van der Waals surface area contributed by atoms with Crippen molar-refractivity contribution < 1.29 is 13.2 Å². The first-order valence-corrected chi connectivity index (χ1v) is 10.2. The fourth-order valence-corrected chi connectivity index (χ4v) is 3.78. The van der Waals surface area contributed by atoms with Gasteiger partial charge in [-0.1, -0.05) is 0 Å². The fraction of sp³-hybridized carbons (Fsp3) is 0.933. The molecule has 142 valence electrons. The maximum absolute atomic E-state index is 12.3. The van der Waals surface area contributed by atoms with Gasteiger partial charge < -0.3 is 15.0 Å². The highest BCUT2D eigenvalue weighted by atomic mass is 127. The van der Waals surface area contributed by atoms with Crippen molar-refractivity contribution in [3.63, 3.8) is 0 Å². The van der Waals surface area contributed by atoms with Crippen LogP contribution in [0.4, 0.5) is 0 Å². The lowest BCUT2D eigenvalue weighted by molar-refractivity contribution is 0.0904. The van der Waals surface area contributed by atoms with E-state index in [0.717, 1.165) is 12.5 Å². The summed E-state index contributed by atoms with van der Waals surface area (Å²) in [6.45, 7) is 9.22. The van der Waals surface area contributed by atoms with Crippen LogP contribution in [0, 0.1) is 0 Å². The van der Waals surface area contributed by atoms with E-state index < -0.39 is 10.0 Å². The number of nitrogens with zero attached hydrogens (tertiary/aromatic N) is 3. The van der Waals surface area contributed by atoms with Crippen LogP contribution < -0.4 is 5.32 Å². The summed E-state index contributed by atoms with van der Waals surface area (Å²) in [5.74, 6) is 0.983. The van der Waals surface area contributed by atoms with Gasteiger partial charge >= 0.3 is 0 Å². The van der Waals surface area contributed by atoms with E-state index in [1.807, 2.05) is 20.8 Å². The largest absolute Gasteiger partial charge is 0.378 e. The summed E-state index contributed by atoms with van der Waals surface area (Å²) < 4.78 is 31.6. The summed E-state index contributed by atoms with van der Waals surface area (Å²) in [7, 11) is -3.23. The van der Waals surface area contributed by atoms with Crippen molar-refractivity contribution in [3.05, 3.63) is 0 Å². The molecule has 2 rings (SSSR count). The number of guanidine groups is 1. The second-order valence-electron chi connectivity index (χ2n) is 6.34. The molecule has 0 aromatic heterocycles. The van der Waals surface area contributed by atoms with E-state index in [2.05, 4.69) is 15.2 Å². The lowest BCUT2D eigenvalue weighted by atomic mass is 10.4. The van der Waals surface area contributed by atoms with E-state index in [-0.39, 0.29) is 42.4 Å². The predicted octanol–water partition coefficient (Wildman–Crippen LogP) is 1.10. The van der Waals surface area contributed by atoms with Gasteiger partial charge in [-0.25, -0.2) is 8.42 Å². The van der Waals surface area contributed by atoms with Crippen molar-refractivity contribution in [2.45, 2.75) is 45.8 Å². The maximum atomic E-state index is 12.3. The number of hydrogen-bond donors (Lipinski definition) is 1. The summed E-state index contributed by atoms with van der Waals surface area (Å²) in [5.41, 5.74) is 0. The number of halogens is 1. The molecule has 0 aromatic rings. The summed E-state index contributed by atoms with van der Waals surface area (Å²) >= 11 is 0. The van der Waals surface area contributed by atoms with Crippen LogP contribution in [0.5, 0.6) is 0 Å². The van der Waals surface area contributed by atoms with Crippen LogP contribution in [-0.4, -0.2) is 80.8 Å². The molecule has 1 aliphatic heterocycles. The van der Waals surface area contributed by atoms with Gasteiger partial charge in [0.15, 0.2) is 5.96 Å². The minimum Gasteiger partial charge on any atom is -0.378 e. The highest BCUT2D eigenvalue weighted by molar-refractivity contribution is 14.0. The zero-order chi connectivity index (χ0) is 16.9. The Bertz CT molecular complexity index is 501. The second-order valence-corrected chi connectivity index (χ2v) is 8.43. The Balaban J connectivity index is 0.00000288. The van der Waals surface area contributed by atoms with Crippen molar-refractivity contribution in [1.29, 1.82) is 0 Å². The summed E-state index contributed by atoms with van der Waals surface area (Å²) in [4.78, 5) is 6.69. The Morgan fingerprint density at radius 3 is 2.38 bits per heavy atom. The number of aliphatic imine (C=N–C) groups is 1. The van der Waals surface area contributed by atoms with Gasteiger partial charge in [-0.3, -0.25) is 4.99 Å². The van der Waals surface area contributed by atoms with Gasteiger partial charge in [0.1, 0.15) is 0 Å². The Labute approximate surface area is 163 Å². The molecular weight excluding hydrogens is 443 g/mol. The summed E-state index contributed by atoms with van der Waals surface area (Å²) in [5, 5.41) is 3.45. The van der Waals surface area contributed by atoms with Crippen molar-refractivity contribution in [2.75, 3.05) is 45.1 Å². The molecule has 0 bridgehead atoms. The monoisotopic (exact) mass is 474 g/mol. The number of piperazine rings is 1. The molecule has 0 unspecified atom stereocenters. The van der Waals surface area contributed by atoms with Crippen LogP contribution in [0.25, 0.3) is 0 Å². The minimum atomic E-state index is -3.23. The second kappa shape index (κ2) is 10.1. The lowest BCUT2D eigenvalue weighted by Gasteiger charge is -2.36. The molecule has 9 heteroatoms. The molecule has 1 heterocycles. The molecule has 1 saturated carbocycles. The molecule has 2 fully saturated rings. The van der Waals surface area contributed by atoms with Crippen LogP contribution in [0.2, 0.25) is 0 Å². The van der Waals surface area contributed by atoms with E-state index in [1.165, 1.54) is 12.8 Å². The first-order valence-electron chi connectivity index (χ1n) is 8.57. The van der Waals surface area contributed by atoms with Gasteiger partial charge in [0.05, 0.1) is 18.5 Å². The number of rotatable bonds is 7. The normalized spacial score (nSPS) is 20.2. The highest BCUT2D eigenvalue weighted by Crippen LogP contribution is 2.19. The van der Waals surface area contributed by atoms with Crippen molar-refractivity contribution >= 4 is 40.0 Å². The van der Waals surface area contributed by atoms with Crippen LogP contribution in [0.1, 0.15) is 33.6 Å².